The standard InChI is InChI=1S/C45H43N5O6.ClH/c46-27-30-5-3-9-36(23-30)49(34-11-14-37(51)15-12-34)45(53)41-10-4-8-33-13-16-40(50(33)41)38-25-42-43(56-29-55-42)26-39(38)44(52)48-28-32-7-2-1-6-31(32)24-35(48)17-18-47-19-21-54-22-20-47;/h1-12,14-15,23,25-26,35,40-41,51H,13,16-22,24,28-29H2;1H/t35-,40?,41?;/m1./s1. The fourth-order valence-electron chi connectivity index (χ4n) is 8.83. The molecule has 5 aliphatic heterocycles. The van der Waals surface area contributed by atoms with Gasteiger partial charge in [0.05, 0.1) is 36.6 Å². The van der Waals surface area contributed by atoms with E-state index in [1.165, 1.54) is 5.56 Å². The number of carbonyl (C=O) groups excluding carboxylic acids is 2. The van der Waals surface area contributed by atoms with E-state index in [0.717, 1.165) is 62.5 Å². The number of halogens is 1. The van der Waals surface area contributed by atoms with Crippen LogP contribution in [0.25, 0.3) is 0 Å². The van der Waals surface area contributed by atoms with Crippen molar-refractivity contribution >= 4 is 35.6 Å². The lowest BCUT2D eigenvalue weighted by molar-refractivity contribution is -0.121. The predicted octanol–water partition coefficient (Wildman–Crippen LogP) is 7.03. The van der Waals surface area contributed by atoms with Gasteiger partial charge in [-0.25, -0.2) is 0 Å². The number of phenols is 1. The van der Waals surface area contributed by atoms with Gasteiger partial charge in [0, 0.05) is 49.2 Å². The van der Waals surface area contributed by atoms with Gasteiger partial charge >= 0.3 is 0 Å². The first-order valence-electron chi connectivity index (χ1n) is 19.4. The molecule has 1 N–H and O–H groups in total. The van der Waals surface area contributed by atoms with E-state index in [2.05, 4.69) is 34.1 Å². The molecular weight excluding hydrogens is 742 g/mol. The maximum absolute atomic E-state index is 15.2. The third-order valence-electron chi connectivity index (χ3n) is 11.7. The highest BCUT2D eigenvalue weighted by molar-refractivity contribution is 6.05. The molecule has 9 rings (SSSR count). The summed E-state index contributed by atoms with van der Waals surface area (Å²) >= 11 is 0. The Labute approximate surface area is 338 Å². The van der Waals surface area contributed by atoms with Crippen LogP contribution in [0.5, 0.6) is 17.2 Å². The van der Waals surface area contributed by atoms with Crippen molar-refractivity contribution in [1.29, 1.82) is 5.26 Å². The van der Waals surface area contributed by atoms with E-state index in [1.807, 2.05) is 41.3 Å². The van der Waals surface area contributed by atoms with Gasteiger partial charge in [-0.2, -0.15) is 5.26 Å². The average Bonchev–Trinajstić information content (AvgIpc) is 3.90. The number of carbonyl (C=O) groups is 2. The van der Waals surface area contributed by atoms with Crippen LogP contribution in [0.4, 0.5) is 11.4 Å². The van der Waals surface area contributed by atoms with Gasteiger partial charge in [-0.05, 0) is 103 Å². The van der Waals surface area contributed by atoms with Crippen molar-refractivity contribution in [3.8, 4) is 23.3 Å². The molecule has 0 aliphatic carbocycles. The minimum Gasteiger partial charge on any atom is -0.508 e. The molecule has 57 heavy (non-hydrogen) atoms. The van der Waals surface area contributed by atoms with Crippen LogP contribution in [0.15, 0.2) is 109 Å². The van der Waals surface area contributed by atoms with E-state index in [-0.39, 0.29) is 48.8 Å². The molecule has 0 bridgehead atoms. The lowest BCUT2D eigenvalue weighted by Gasteiger charge is -2.40. The molecular formula is C45H44ClN5O6. The molecule has 0 aromatic heterocycles. The van der Waals surface area contributed by atoms with E-state index in [1.54, 1.807) is 53.4 Å². The van der Waals surface area contributed by atoms with Crippen molar-refractivity contribution in [2.45, 2.75) is 50.4 Å². The summed E-state index contributed by atoms with van der Waals surface area (Å²) in [5.41, 5.74) is 6.28. The fourth-order valence-corrected chi connectivity index (χ4v) is 8.83. The number of anilines is 2. The summed E-state index contributed by atoms with van der Waals surface area (Å²) in [4.78, 5) is 38.5. The second-order valence-corrected chi connectivity index (χ2v) is 14.9. The van der Waals surface area contributed by atoms with E-state index in [0.29, 0.717) is 53.4 Å². The molecule has 0 radical (unpaired) electrons. The molecule has 2 fully saturated rings. The lowest BCUT2D eigenvalue weighted by atomic mass is 9.90. The number of nitrogens with zero attached hydrogens (tertiary/aromatic N) is 5. The van der Waals surface area contributed by atoms with Crippen molar-refractivity contribution < 1.29 is 28.9 Å². The van der Waals surface area contributed by atoms with Gasteiger partial charge in [-0.3, -0.25) is 19.4 Å². The number of ether oxygens (including phenoxy) is 3. The molecule has 12 heteroatoms. The van der Waals surface area contributed by atoms with Crippen molar-refractivity contribution in [2.24, 2.45) is 0 Å². The molecule has 5 heterocycles. The second kappa shape index (κ2) is 16.4. The monoisotopic (exact) mass is 785 g/mol. The zero-order valence-corrected chi connectivity index (χ0v) is 32.3. The van der Waals surface area contributed by atoms with Crippen molar-refractivity contribution in [3.63, 3.8) is 0 Å². The van der Waals surface area contributed by atoms with Gasteiger partial charge in [0.15, 0.2) is 11.5 Å². The highest BCUT2D eigenvalue weighted by Crippen LogP contribution is 2.47. The Balaban J connectivity index is 0.00000455. The Morgan fingerprint density at radius 1 is 0.912 bits per heavy atom. The number of nitriles is 1. The first-order chi connectivity index (χ1) is 27.4. The maximum Gasteiger partial charge on any atom is 0.258 e. The molecule has 0 spiro atoms. The number of rotatable bonds is 8. The maximum atomic E-state index is 15.2. The van der Waals surface area contributed by atoms with E-state index >= 15 is 9.59 Å². The average molecular weight is 786 g/mol. The molecule has 2 unspecified atom stereocenters. The SMILES string of the molecule is Cl.N#Cc1cccc(N(C(=O)C2C=CC=C3CCC(c4cc5c(cc4C(=O)N4Cc6ccccc6C[C@H]4CCN4CCOCC4)OCO5)N32)c2ccc(O)cc2)c1. The molecule has 11 nitrogen and oxygen atoms in total. The van der Waals surface area contributed by atoms with Crippen molar-refractivity contribution in [2.75, 3.05) is 44.5 Å². The lowest BCUT2D eigenvalue weighted by Crippen LogP contribution is -2.48. The number of fused-ring (bicyclic) bond motifs is 3. The number of hydrogen-bond donors (Lipinski definition) is 1. The van der Waals surface area contributed by atoms with Crippen LogP contribution in [0.2, 0.25) is 0 Å². The van der Waals surface area contributed by atoms with Crippen LogP contribution < -0.4 is 14.4 Å². The number of hydrogen-bond acceptors (Lipinski definition) is 9. The van der Waals surface area contributed by atoms with Crippen LogP contribution in [0.1, 0.15) is 57.9 Å². The minimum absolute atomic E-state index is 0. The van der Waals surface area contributed by atoms with Crippen LogP contribution >= 0.6 is 12.4 Å². The summed E-state index contributed by atoms with van der Waals surface area (Å²) in [5.74, 6) is 0.900. The minimum atomic E-state index is -0.737. The zero-order valence-electron chi connectivity index (χ0n) is 31.5. The number of benzene rings is 4. The highest BCUT2D eigenvalue weighted by atomic mass is 35.5. The smallest absolute Gasteiger partial charge is 0.258 e. The van der Waals surface area contributed by atoms with Gasteiger partial charge in [0.2, 0.25) is 6.79 Å². The van der Waals surface area contributed by atoms with E-state index < -0.39 is 6.04 Å². The van der Waals surface area contributed by atoms with Gasteiger partial charge in [0.25, 0.3) is 11.8 Å². The summed E-state index contributed by atoms with van der Waals surface area (Å²) in [7, 11) is 0. The number of allylic oxidation sites excluding steroid dienone is 3. The van der Waals surface area contributed by atoms with Crippen molar-refractivity contribution in [3.05, 3.63) is 137 Å². The molecule has 2 saturated heterocycles. The van der Waals surface area contributed by atoms with E-state index in [9.17, 15) is 10.4 Å². The first-order valence-corrected chi connectivity index (χ1v) is 19.4. The van der Waals surface area contributed by atoms with Gasteiger partial charge in [-0.1, -0.05) is 42.5 Å². The summed E-state index contributed by atoms with van der Waals surface area (Å²) < 4.78 is 17.4. The third-order valence-corrected chi connectivity index (χ3v) is 11.7. The number of amides is 2. The summed E-state index contributed by atoms with van der Waals surface area (Å²) in [6.07, 6.45) is 8.87. The summed E-state index contributed by atoms with van der Waals surface area (Å²) in [5, 5.41) is 19.9. The molecule has 4 aromatic rings. The van der Waals surface area contributed by atoms with Gasteiger partial charge in [0.1, 0.15) is 11.8 Å². The number of phenolic OH excluding ortho intramolecular Hbond substituents is 1. The Bertz CT molecular complexity index is 2260. The molecule has 3 atom stereocenters. The Hall–Kier alpha value is -5.80. The second-order valence-electron chi connectivity index (χ2n) is 14.9. The first kappa shape index (κ1) is 38.1. The molecule has 292 valence electrons. The highest BCUT2D eigenvalue weighted by Gasteiger charge is 2.43. The van der Waals surface area contributed by atoms with Gasteiger partial charge < -0.3 is 29.1 Å². The predicted molar refractivity (Wildman–Crippen MR) is 217 cm³/mol. The summed E-state index contributed by atoms with van der Waals surface area (Å²) in [6.45, 7) is 4.68. The molecule has 5 aliphatic rings. The van der Waals surface area contributed by atoms with Crippen LogP contribution in [-0.4, -0.2) is 83.3 Å². The molecule has 4 aromatic carbocycles. The quantitative estimate of drug-likeness (QED) is 0.201. The Kier molecular flexibility index (Phi) is 10.9. The largest absolute Gasteiger partial charge is 0.508 e. The van der Waals surface area contributed by atoms with Gasteiger partial charge in [-0.15, -0.1) is 12.4 Å². The molecule has 2 amide bonds. The van der Waals surface area contributed by atoms with Crippen LogP contribution in [-0.2, 0) is 22.5 Å². The van der Waals surface area contributed by atoms with Crippen LogP contribution in [0, 0.1) is 11.3 Å². The van der Waals surface area contributed by atoms with E-state index in [4.69, 9.17) is 14.2 Å². The topological polar surface area (TPSA) is 119 Å². The zero-order chi connectivity index (χ0) is 38.2. The number of aromatic hydroxyl groups is 1. The normalized spacial score (nSPS) is 20.8. The molecule has 0 saturated carbocycles. The number of morpholine rings is 1. The van der Waals surface area contributed by atoms with Crippen molar-refractivity contribution in [1.82, 2.24) is 14.7 Å². The Morgan fingerprint density at radius 3 is 2.47 bits per heavy atom. The van der Waals surface area contributed by atoms with Crippen LogP contribution in [0.3, 0.4) is 0 Å². The third kappa shape index (κ3) is 7.44. The Morgan fingerprint density at radius 2 is 1.68 bits per heavy atom. The summed E-state index contributed by atoms with van der Waals surface area (Å²) in [6, 6.07) is 26.7. The fraction of sp³-hybridized carbons (Fsp3) is 0.311.